The van der Waals surface area contributed by atoms with Gasteiger partial charge in [0.2, 0.25) is 0 Å². The summed E-state index contributed by atoms with van der Waals surface area (Å²) in [6.07, 6.45) is 0.755. The van der Waals surface area contributed by atoms with Gasteiger partial charge in [0, 0.05) is 49.1 Å². The van der Waals surface area contributed by atoms with Crippen molar-refractivity contribution in [2.75, 3.05) is 11.9 Å². The summed E-state index contributed by atoms with van der Waals surface area (Å²) in [5.74, 6) is -1.82. The fraction of sp³-hybridized carbons (Fsp3) is 0.296. The van der Waals surface area contributed by atoms with Crippen LogP contribution in [0, 0.1) is 13.8 Å². The Hall–Kier alpha value is -3.65. The Bertz CT molecular complexity index is 1340. The van der Waals surface area contributed by atoms with Gasteiger partial charge in [0.05, 0.1) is 11.4 Å². The average Bonchev–Trinajstić information content (AvgIpc) is 3.17. The van der Waals surface area contributed by atoms with Crippen molar-refractivity contribution in [2.24, 2.45) is 0 Å². The van der Waals surface area contributed by atoms with Crippen LogP contribution in [0.15, 0.2) is 60.7 Å². The number of rotatable bonds is 6. The molecule has 1 N–H and O–H groups in total. The SMILES string of the molecule is Cc1cc(C)n(-c2nc3c(c(Nc4cccc(C(C)(F)F)c4)n2)CCN(Cc2ccccc2)C3)n1. The largest absolute Gasteiger partial charge is 0.340 e. The van der Waals surface area contributed by atoms with Crippen LogP contribution in [0.4, 0.5) is 20.3 Å². The van der Waals surface area contributed by atoms with Crippen LogP contribution in [0.25, 0.3) is 5.95 Å². The monoisotopic (exact) mass is 474 g/mol. The molecule has 0 bridgehead atoms. The summed E-state index contributed by atoms with van der Waals surface area (Å²) in [5.41, 5.74) is 5.51. The molecular weight excluding hydrogens is 446 g/mol. The third kappa shape index (κ3) is 5.07. The average molecular weight is 475 g/mol. The molecule has 5 rings (SSSR count). The number of halogens is 2. The number of hydrogen-bond donors (Lipinski definition) is 1. The van der Waals surface area contributed by atoms with Crippen LogP contribution >= 0.6 is 0 Å². The maximum absolute atomic E-state index is 13.9. The number of alkyl halides is 2. The first-order valence-electron chi connectivity index (χ1n) is 11.7. The molecule has 35 heavy (non-hydrogen) atoms. The molecular formula is C27H28F2N6. The second kappa shape index (κ2) is 9.19. The highest BCUT2D eigenvalue weighted by atomic mass is 19.3. The lowest BCUT2D eigenvalue weighted by atomic mass is 10.0. The van der Waals surface area contributed by atoms with Crippen molar-refractivity contribution in [3.05, 3.63) is 94.4 Å². The third-order valence-corrected chi connectivity index (χ3v) is 6.21. The van der Waals surface area contributed by atoms with Gasteiger partial charge in [0.15, 0.2) is 0 Å². The lowest BCUT2D eigenvalue weighted by Crippen LogP contribution is -2.32. The van der Waals surface area contributed by atoms with Crippen LogP contribution in [-0.4, -0.2) is 31.2 Å². The van der Waals surface area contributed by atoms with Gasteiger partial charge in [0.25, 0.3) is 11.9 Å². The molecule has 6 nitrogen and oxygen atoms in total. The molecule has 0 saturated heterocycles. The molecule has 0 saturated carbocycles. The van der Waals surface area contributed by atoms with Gasteiger partial charge in [-0.05, 0) is 44.0 Å². The molecule has 0 fully saturated rings. The lowest BCUT2D eigenvalue weighted by Gasteiger charge is -2.29. The highest BCUT2D eigenvalue weighted by Crippen LogP contribution is 2.32. The summed E-state index contributed by atoms with van der Waals surface area (Å²) in [6.45, 7) is 7.15. The number of hydrogen-bond acceptors (Lipinski definition) is 5. The highest BCUT2D eigenvalue weighted by molar-refractivity contribution is 5.62. The first-order valence-corrected chi connectivity index (χ1v) is 11.7. The van der Waals surface area contributed by atoms with E-state index in [2.05, 4.69) is 27.4 Å². The van der Waals surface area contributed by atoms with Crippen molar-refractivity contribution in [3.63, 3.8) is 0 Å². The van der Waals surface area contributed by atoms with Crippen molar-refractivity contribution in [1.29, 1.82) is 0 Å². The first-order chi connectivity index (χ1) is 16.8. The fourth-order valence-corrected chi connectivity index (χ4v) is 4.48. The van der Waals surface area contributed by atoms with E-state index in [-0.39, 0.29) is 5.56 Å². The quantitative estimate of drug-likeness (QED) is 0.389. The van der Waals surface area contributed by atoms with Crippen LogP contribution in [0.2, 0.25) is 0 Å². The summed E-state index contributed by atoms with van der Waals surface area (Å²) in [7, 11) is 0. The predicted octanol–water partition coefficient (Wildman–Crippen LogP) is 5.69. The summed E-state index contributed by atoms with van der Waals surface area (Å²) in [5, 5.41) is 7.86. The molecule has 180 valence electrons. The molecule has 4 aromatic rings. The molecule has 3 heterocycles. The third-order valence-electron chi connectivity index (χ3n) is 6.21. The minimum absolute atomic E-state index is 0.0433. The molecule has 1 aliphatic heterocycles. The maximum Gasteiger partial charge on any atom is 0.270 e. The van der Waals surface area contributed by atoms with E-state index in [0.717, 1.165) is 49.1 Å². The van der Waals surface area contributed by atoms with Gasteiger partial charge in [-0.25, -0.2) is 18.4 Å². The minimum atomic E-state index is -2.92. The van der Waals surface area contributed by atoms with E-state index in [0.29, 0.717) is 24.0 Å². The Labute approximate surface area is 203 Å². The van der Waals surface area contributed by atoms with Gasteiger partial charge in [-0.1, -0.05) is 42.5 Å². The van der Waals surface area contributed by atoms with E-state index in [9.17, 15) is 8.78 Å². The van der Waals surface area contributed by atoms with Crippen LogP contribution in [0.1, 0.15) is 40.7 Å². The first kappa shape index (κ1) is 23.1. The summed E-state index contributed by atoms with van der Waals surface area (Å²) in [6, 6.07) is 18.7. The van der Waals surface area contributed by atoms with Gasteiger partial charge in [-0.15, -0.1) is 0 Å². The molecule has 0 unspecified atom stereocenters. The Balaban J connectivity index is 1.52. The van der Waals surface area contributed by atoms with Crippen LogP contribution in [0.3, 0.4) is 0 Å². The predicted molar refractivity (Wildman–Crippen MR) is 132 cm³/mol. The Kier molecular flexibility index (Phi) is 6.06. The zero-order valence-corrected chi connectivity index (χ0v) is 20.1. The van der Waals surface area contributed by atoms with E-state index in [1.165, 1.54) is 17.7 Å². The number of nitrogens with zero attached hydrogens (tertiary/aromatic N) is 5. The molecule has 0 amide bonds. The second-order valence-electron chi connectivity index (χ2n) is 9.18. The Morgan fingerprint density at radius 2 is 1.80 bits per heavy atom. The molecule has 2 aromatic heterocycles. The lowest BCUT2D eigenvalue weighted by molar-refractivity contribution is 0.0175. The summed E-state index contributed by atoms with van der Waals surface area (Å²) in [4.78, 5) is 12.1. The van der Waals surface area contributed by atoms with Gasteiger partial charge in [-0.3, -0.25) is 4.90 Å². The molecule has 0 aliphatic carbocycles. The maximum atomic E-state index is 13.9. The normalized spacial score (nSPS) is 14.1. The summed E-state index contributed by atoms with van der Waals surface area (Å²) >= 11 is 0. The van der Waals surface area contributed by atoms with E-state index in [1.807, 2.05) is 38.1 Å². The zero-order chi connectivity index (χ0) is 24.6. The number of nitrogens with one attached hydrogen (secondary N) is 1. The van der Waals surface area contributed by atoms with Crippen molar-refractivity contribution < 1.29 is 8.78 Å². The summed E-state index contributed by atoms with van der Waals surface area (Å²) < 4.78 is 29.6. The van der Waals surface area contributed by atoms with Crippen molar-refractivity contribution in [2.45, 2.75) is 46.2 Å². The molecule has 0 atom stereocenters. The van der Waals surface area contributed by atoms with Crippen LogP contribution < -0.4 is 5.32 Å². The smallest absolute Gasteiger partial charge is 0.270 e. The topological polar surface area (TPSA) is 58.9 Å². The van der Waals surface area contributed by atoms with Gasteiger partial charge < -0.3 is 5.32 Å². The second-order valence-corrected chi connectivity index (χ2v) is 9.18. The van der Waals surface area contributed by atoms with Crippen LogP contribution in [-0.2, 0) is 25.4 Å². The number of benzene rings is 2. The number of aromatic nitrogens is 4. The molecule has 0 radical (unpaired) electrons. The molecule has 8 heteroatoms. The van der Waals surface area contributed by atoms with Crippen molar-refractivity contribution in [3.8, 4) is 5.95 Å². The molecule has 1 aliphatic rings. The molecule has 2 aromatic carbocycles. The van der Waals surface area contributed by atoms with E-state index >= 15 is 0 Å². The standard InChI is InChI=1S/C27H28F2N6/c1-18-14-19(2)35(33-18)26-31-24-17-34(16-20-8-5-4-6-9-20)13-12-23(24)25(32-26)30-22-11-7-10-21(15-22)27(3,28)29/h4-11,14-15H,12-13,16-17H2,1-3H3,(H,30,31,32). The van der Waals surface area contributed by atoms with Crippen molar-refractivity contribution >= 4 is 11.5 Å². The minimum Gasteiger partial charge on any atom is -0.340 e. The Morgan fingerprint density at radius 1 is 1.00 bits per heavy atom. The van der Waals surface area contributed by atoms with E-state index < -0.39 is 5.92 Å². The number of fused-ring (bicyclic) bond motifs is 1. The van der Waals surface area contributed by atoms with Crippen LogP contribution in [0.5, 0.6) is 0 Å². The van der Waals surface area contributed by atoms with Gasteiger partial charge in [-0.2, -0.15) is 10.1 Å². The Morgan fingerprint density at radius 3 is 2.51 bits per heavy atom. The number of aryl methyl sites for hydroxylation is 2. The van der Waals surface area contributed by atoms with Gasteiger partial charge in [0.1, 0.15) is 5.82 Å². The van der Waals surface area contributed by atoms with Gasteiger partial charge >= 0.3 is 0 Å². The fourth-order valence-electron chi connectivity index (χ4n) is 4.48. The molecule has 0 spiro atoms. The number of anilines is 2. The van der Waals surface area contributed by atoms with Crippen molar-refractivity contribution in [1.82, 2.24) is 24.6 Å². The van der Waals surface area contributed by atoms with E-state index in [4.69, 9.17) is 9.97 Å². The highest BCUT2D eigenvalue weighted by Gasteiger charge is 2.26. The van der Waals surface area contributed by atoms with E-state index in [1.54, 1.807) is 16.8 Å². The zero-order valence-electron chi connectivity index (χ0n) is 20.1.